The van der Waals surface area contributed by atoms with Gasteiger partial charge in [-0.2, -0.15) is 0 Å². The Hall–Kier alpha value is -2.44. The number of fused-ring (bicyclic) bond motifs is 2. The molecule has 1 aromatic carbocycles. The Balaban J connectivity index is 1.82. The highest BCUT2D eigenvalue weighted by Gasteiger charge is 2.52. The van der Waals surface area contributed by atoms with Gasteiger partial charge >= 0.3 is 5.97 Å². The first-order chi connectivity index (χ1) is 11.0. The number of nitrogens with one attached hydrogen (secondary N) is 1. The molecule has 122 valence electrons. The monoisotopic (exact) mass is 318 g/mol. The number of amides is 1. The lowest BCUT2D eigenvalue weighted by molar-refractivity contribution is -0.385. The number of methoxy groups -OCH3 is 1. The van der Waals surface area contributed by atoms with Crippen molar-refractivity contribution in [2.75, 3.05) is 7.11 Å². The van der Waals surface area contributed by atoms with Gasteiger partial charge in [-0.15, -0.1) is 0 Å². The van der Waals surface area contributed by atoms with Crippen LogP contribution in [0, 0.1) is 27.9 Å². The minimum absolute atomic E-state index is 0.0175. The third-order valence-electron chi connectivity index (χ3n) is 5.03. The van der Waals surface area contributed by atoms with E-state index in [9.17, 15) is 19.7 Å². The smallest absolute Gasteiger partial charge is 0.311 e. The summed E-state index contributed by atoms with van der Waals surface area (Å²) in [5.74, 6) is -0.724. The summed E-state index contributed by atoms with van der Waals surface area (Å²) in [5, 5.41) is 13.9. The number of nitrogens with zero attached hydrogens (tertiary/aromatic N) is 1. The van der Waals surface area contributed by atoms with Crippen molar-refractivity contribution < 1.29 is 19.2 Å². The lowest BCUT2D eigenvalue weighted by Gasteiger charge is -2.29. The van der Waals surface area contributed by atoms with Crippen molar-refractivity contribution in [3.05, 3.63) is 39.9 Å². The number of benzene rings is 1. The fourth-order valence-electron chi connectivity index (χ4n) is 4.03. The van der Waals surface area contributed by atoms with E-state index in [0.29, 0.717) is 0 Å². The van der Waals surface area contributed by atoms with Crippen LogP contribution >= 0.6 is 0 Å². The fourth-order valence-corrected chi connectivity index (χ4v) is 4.03. The number of hydrogen-bond acceptors (Lipinski definition) is 5. The third kappa shape index (κ3) is 2.67. The molecule has 3 rings (SSSR count). The lowest BCUT2D eigenvalue weighted by Crippen LogP contribution is -2.47. The zero-order chi connectivity index (χ0) is 16.6. The van der Waals surface area contributed by atoms with Gasteiger partial charge in [-0.3, -0.25) is 19.7 Å². The summed E-state index contributed by atoms with van der Waals surface area (Å²) < 4.78 is 4.87. The summed E-state index contributed by atoms with van der Waals surface area (Å²) in [6.07, 6.45) is 2.81. The van der Waals surface area contributed by atoms with Gasteiger partial charge in [-0.05, 0) is 37.2 Å². The number of para-hydroxylation sites is 1. The molecule has 2 aliphatic rings. The number of hydrogen-bond donors (Lipinski definition) is 1. The van der Waals surface area contributed by atoms with Gasteiger partial charge in [0.2, 0.25) is 0 Å². The maximum atomic E-state index is 12.5. The molecular formula is C16H18N2O5. The van der Waals surface area contributed by atoms with E-state index >= 15 is 0 Å². The van der Waals surface area contributed by atoms with Crippen molar-refractivity contribution in [1.29, 1.82) is 0 Å². The maximum Gasteiger partial charge on any atom is 0.311 e. The van der Waals surface area contributed by atoms with Crippen LogP contribution in [0.2, 0.25) is 0 Å². The highest BCUT2D eigenvalue weighted by atomic mass is 16.6. The van der Waals surface area contributed by atoms with Crippen molar-refractivity contribution >= 4 is 17.6 Å². The van der Waals surface area contributed by atoms with Gasteiger partial charge in [0.25, 0.3) is 11.6 Å². The van der Waals surface area contributed by atoms with Crippen LogP contribution in [0.5, 0.6) is 0 Å². The van der Waals surface area contributed by atoms with Crippen LogP contribution in [0.25, 0.3) is 0 Å². The SMILES string of the molecule is COC(=O)[C@H]1[C@H]2CC[C@@H](C2)[C@@H]1NC(=O)c1ccccc1[N+](=O)[O-]. The second-order valence-electron chi connectivity index (χ2n) is 6.16. The van der Waals surface area contributed by atoms with Crippen LogP contribution in [0.3, 0.4) is 0 Å². The summed E-state index contributed by atoms with van der Waals surface area (Å²) in [6, 6.07) is 5.51. The Morgan fingerprint density at radius 1 is 1.26 bits per heavy atom. The topological polar surface area (TPSA) is 98.5 Å². The quantitative estimate of drug-likeness (QED) is 0.519. The van der Waals surface area contributed by atoms with Crippen molar-refractivity contribution in [3.8, 4) is 0 Å². The Kier molecular flexibility index (Phi) is 4.02. The third-order valence-corrected chi connectivity index (χ3v) is 5.03. The highest BCUT2D eigenvalue weighted by molar-refractivity contribution is 5.98. The molecule has 7 heteroatoms. The number of nitro groups is 1. The molecule has 4 atom stereocenters. The van der Waals surface area contributed by atoms with Crippen molar-refractivity contribution in [3.63, 3.8) is 0 Å². The second kappa shape index (κ2) is 5.98. The molecule has 0 aliphatic heterocycles. The molecule has 0 spiro atoms. The summed E-state index contributed by atoms with van der Waals surface area (Å²) >= 11 is 0. The molecule has 1 aromatic rings. The Labute approximate surface area is 133 Å². The van der Waals surface area contributed by atoms with Crippen LogP contribution in [-0.2, 0) is 9.53 Å². The van der Waals surface area contributed by atoms with Gasteiger partial charge in [0.15, 0.2) is 0 Å². The Morgan fingerprint density at radius 3 is 2.65 bits per heavy atom. The molecule has 2 bridgehead atoms. The predicted octanol–water partition coefficient (Wildman–Crippen LogP) is 1.91. The fraction of sp³-hybridized carbons (Fsp3) is 0.500. The van der Waals surface area contributed by atoms with Gasteiger partial charge in [0, 0.05) is 12.1 Å². The Morgan fingerprint density at radius 2 is 1.96 bits per heavy atom. The van der Waals surface area contributed by atoms with E-state index < -0.39 is 10.8 Å². The molecule has 23 heavy (non-hydrogen) atoms. The van der Waals surface area contributed by atoms with Crippen molar-refractivity contribution in [1.82, 2.24) is 5.32 Å². The van der Waals surface area contributed by atoms with Crippen LogP contribution in [0.4, 0.5) is 5.69 Å². The lowest BCUT2D eigenvalue weighted by atomic mass is 9.84. The molecule has 0 saturated heterocycles. The molecular weight excluding hydrogens is 300 g/mol. The van der Waals surface area contributed by atoms with E-state index in [1.54, 1.807) is 6.07 Å². The van der Waals surface area contributed by atoms with E-state index in [4.69, 9.17) is 4.74 Å². The van der Waals surface area contributed by atoms with Crippen LogP contribution in [0.15, 0.2) is 24.3 Å². The van der Waals surface area contributed by atoms with Crippen molar-refractivity contribution in [2.24, 2.45) is 17.8 Å². The molecule has 0 aromatic heterocycles. The van der Waals surface area contributed by atoms with Crippen LogP contribution in [0.1, 0.15) is 29.6 Å². The molecule has 2 fully saturated rings. The number of ether oxygens (including phenoxy) is 1. The molecule has 7 nitrogen and oxygen atoms in total. The first kappa shape index (κ1) is 15.5. The zero-order valence-corrected chi connectivity index (χ0v) is 12.7. The normalized spacial score (nSPS) is 28.4. The average molecular weight is 318 g/mol. The molecule has 1 amide bonds. The largest absolute Gasteiger partial charge is 0.469 e. The number of esters is 1. The highest BCUT2D eigenvalue weighted by Crippen LogP contribution is 2.49. The van der Waals surface area contributed by atoms with Gasteiger partial charge in [0.1, 0.15) is 5.56 Å². The molecule has 0 radical (unpaired) electrons. The second-order valence-corrected chi connectivity index (χ2v) is 6.16. The van der Waals surface area contributed by atoms with E-state index in [1.165, 1.54) is 25.3 Å². The van der Waals surface area contributed by atoms with Gasteiger partial charge in [0.05, 0.1) is 18.0 Å². The van der Waals surface area contributed by atoms with Crippen LogP contribution in [-0.4, -0.2) is 30.0 Å². The maximum absolute atomic E-state index is 12.5. The molecule has 0 heterocycles. The van der Waals surface area contributed by atoms with E-state index in [-0.39, 0.29) is 41.0 Å². The van der Waals surface area contributed by atoms with Crippen molar-refractivity contribution in [2.45, 2.75) is 25.3 Å². The summed E-state index contributed by atoms with van der Waals surface area (Å²) in [7, 11) is 1.34. The van der Waals surface area contributed by atoms with E-state index in [1.807, 2.05) is 0 Å². The summed E-state index contributed by atoms with van der Waals surface area (Å²) in [4.78, 5) is 35.0. The van der Waals surface area contributed by atoms with Gasteiger partial charge in [-0.1, -0.05) is 12.1 Å². The van der Waals surface area contributed by atoms with E-state index in [2.05, 4.69) is 5.32 Å². The number of nitro benzene ring substituents is 1. The molecule has 2 aliphatic carbocycles. The first-order valence-electron chi connectivity index (χ1n) is 7.65. The molecule has 2 saturated carbocycles. The molecule has 1 N–H and O–H groups in total. The average Bonchev–Trinajstić information content (AvgIpc) is 3.15. The number of carbonyl (C=O) groups excluding carboxylic acids is 2. The zero-order valence-electron chi connectivity index (χ0n) is 12.7. The number of rotatable bonds is 4. The standard InChI is InChI=1S/C16H18N2O5/c1-23-16(20)13-9-6-7-10(8-9)14(13)17-15(19)11-4-2-3-5-12(11)18(21)22/h2-5,9-10,13-14H,6-8H2,1H3,(H,17,19)/t9-,10-,13-,14-/m0/s1. The van der Waals surface area contributed by atoms with Gasteiger partial charge in [-0.25, -0.2) is 0 Å². The predicted molar refractivity (Wildman–Crippen MR) is 80.7 cm³/mol. The molecule has 0 unspecified atom stereocenters. The number of carbonyl (C=O) groups is 2. The Bertz CT molecular complexity index is 660. The van der Waals surface area contributed by atoms with Crippen LogP contribution < -0.4 is 5.32 Å². The summed E-state index contributed by atoms with van der Waals surface area (Å²) in [6.45, 7) is 0. The summed E-state index contributed by atoms with van der Waals surface area (Å²) in [5.41, 5.74) is -0.216. The van der Waals surface area contributed by atoms with E-state index in [0.717, 1.165) is 19.3 Å². The minimum Gasteiger partial charge on any atom is -0.469 e. The van der Waals surface area contributed by atoms with Gasteiger partial charge < -0.3 is 10.1 Å². The minimum atomic E-state index is -0.576. The first-order valence-corrected chi connectivity index (χ1v) is 7.65.